The van der Waals surface area contributed by atoms with Gasteiger partial charge in [0.15, 0.2) is 0 Å². The first-order valence-electron chi connectivity index (χ1n) is 5.76. The highest BCUT2D eigenvalue weighted by molar-refractivity contribution is 7.84. The van der Waals surface area contributed by atoms with Gasteiger partial charge in [-0.1, -0.05) is 6.92 Å². The van der Waals surface area contributed by atoms with Gasteiger partial charge < -0.3 is 15.7 Å². The van der Waals surface area contributed by atoms with Crippen LogP contribution in [0.15, 0.2) is 24.3 Å². The number of carbonyl (C=O) groups is 2. The summed E-state index contributed by atoms with van der Waals surface area (Å²) in [5.41, 5.74) is 0.656. The third-order valence-electron chi connectivity index (χ3n) is 2.33. The first kappa shape index (κ1) is 15.2. The molecule has 1 unspecified atom stereocenters. The molecule has 1 aromatic rings. The van der Waals surface area contributed by atoms with Crippen molar-refractivity contribution in [2.75, 3.05) is 23.4 Å². The smallest absolute Gasteiger partial charge is 0.335 e. The van der Waals surface area contributed by atoms with Gasteiger partial charge in [0.1, 0.15) is 0 Å². The van der Waals surface area contributed by atoms with Crippen LogP contribution in [0, 0.1) is 0 Å². The number of hydrogen-bond acceptors (Lipinski definition) is 3. The summed E-state index contributed by atoms with van der Waals surface area (Å²) in [6.07, 6.45) is 0. The number of hydrogen-bond donors (Lipinski definition) is 3. The molecule has 0 bridgehead atoms. The molecule has 0 saturated carbocycles. The molecule has 0 saturated heterocycles. The number of anilines is 1. The molecule has 7 heteroatoms. The molecular formula is C12H16N2O4S. The Morgan fingerprint density at radius 1 is 1.26 bits per heavy atom. The van der Waals surface area contributed by atoms with Crippen LogP contribution < -0.4 is 10.6 Å². The third kappa shape index (κ3) is 5.52. The fraction of sp³-hybridized carbons (Fsp3) is 0.333. The average Bonchev–Trinajstić information content (AvgIpc) is 2.39. The summed E-state index contributed by atoms with van der Waals surface area (Å²) in [6.45, 7) is 2.15. The molecule has 0 fully saturated rings. The van der Waals surface area contributed by atoms with E-state index in [1.54, 1.807) is 0 Å². The van der Waals surface area contributed by atoms with Crippen molar-refractivity contribution in [3.8, 4) is 0 Å². The molecule has 0 aliphatic heterocycles. The molecule has 0 spiro atoms. The van der Waals surface area contributed by atoms with Crippen LogP contribution in [-0.2, 0) is 10.8 Å². The first-order chi connectivity index (χ1) is 9.02. The van der Waals surface area contributed by atoms with Gasteiger partial charge in [0.05, 0.1) is 5.56 Å². The predicted molar refractivity (Wildman–Crippen MR) is 74.0 cm³/mol. The Balaban J connectivity index is 2.40. The van der Waals surface area contributed by atoms with Crippen molar-refractivity contribution in [3.05, 3.63) is 29.8 Å². The Hall–Kier alpha value is -1.89. The maximum atomic E-state index is 11.5. The van der Waals surface area contributed by atoms with E-state index >= 15 is 0 Å². The van der Waals surface area contributed by atoms with Gasteiger partial charge in [0.25, 0.3) is 0 Å². The van der Waals surface area contributed by atoms with Crippen LogP contribution >= 0.6 is 0 Å². The molecule has 104 valence electrons. The fourth-order valence-corrected chi connectivity index (χ4v) is 1.91. The number of carboxylic acids is 1. The van der Waals surface area contributed by atoms with Crippen molar-refractivity contribution in [1.82, 2.24) is 5.32 Å². The van der Waals surface area contributed by atoms with Crippen LogP contribution in [-0.4, -0.2) is 39.4 Å². The van der Waals surface area contributed by atoms with E-state index < -0.39 is 22.8 Å². The molecule has 0 heterocycles. The summed E-state index contributed by atoms with van der Waals surface area (Å²) in [6, 6.07) is 5.42. The van der Waals surface area contributed by atoms with Crippen LogP contribution in [0.25, 0.3) is 0 Å². The zero-order valence-electron chi connectivity index (χ0n) is 10.5. The first-order valence-corrected chi connectivity index (χ1v) is 7.25. The quantitative estimate of drug-likeness (QED) is 0.733. The van der Waals surface area contributed by atoms with Crippen molar-refractivity contribution < 1.29 is 18.9 Å². The van der Waals surface area contributed by atoms with E-state index in [1.165, 1.54) is 24.3 Å². The summed E-state index contributed by atoms with van der Waals surface area (Å²) < 4.78 is 11.1. The summed E-state index contributed by atoms with van der Waals surface area (Å²) in [5.74, 6) is -0.0278. The van der Waals surface area contributed by atoms with Crippen molar-refractivity contribution in [3.63, 3.8) is 0 Å². The fourth-order valence-electron chi connectivity index (χ4n) is 1.29. The number of carbonyl (C=O) groups excluding carboxylic acids is 1. The molecule has 19 heavy (non-hydrogen) atoms. The van der Waals surface area contributed by atoms with E-state index in [0.29, 0.717) is 23.7 Å². The van der Waals surface area contributed by atoms with Crippen molar-refractivity contribution in [1.29, 1.82) is 0 Å². The molecule has 0 radical (unpaired) electrons. The average molecular weight is 284 g/mol. The van der Waals surface area contributed by atoms with Crippen molar-refractivity contribution in [2.45, 2.75) is 6.92 Å². The maximum Gasteiger partial charge on any atom is 0.335 e. The van der Waals surface area contributed by atoms with Gasteiger partial charge in [0, 0.05) is 34.5 Å². The summed E-state index contributed by atoms with van der Waals surface area (Å²) in [4.78, 5) is 22.1. The highest BCUT2D eigenvalue weighted by atomic mass is 32.2. The molecule has 1 atom stereocenters. The number of urea groups is 1. The minimum atomic E-state index is -1.02. The van der Waals surface area contributed by atoms with E-state index in [2.05, 4.69) is 10.6 Å². The number of nitrogens with one attached hydrogen (secondary N) is 2. The SMILES string of the molecule is CCS(=O)CCNC(=O)Nc1ccc(C(=O)O)cc1. The summed E-state index contributed by atoms with van der Waals surface area (Å²) in [7, 11) is -0.906. The number of rotatable bonds is 6. The van der Waals surface area contributed by atoms with Crippen LogP contribution in [0.1, 0.15) is 17.3 Å². The van der Waals surface area contributed by atoms with Crippen LogP contribution in [0.3, 0.4) is 0 Å². The molecule has 1 aromatic carbocycles. The Labute approximate surface area is 113 Å². The maximum absolute atomic E-state index is 11.5. The Bertz CT molecular complexity index is 473. The van der Waals surface area contributed by atoms with E-state index in [4.69, 9.17) is 5.11 Å². The standard InChI is InChI=1S/C12H16N2O4S/c1-2-19(18)8-7-13-12(17)14-10-5-3-9(4-6-10)11(15)16/h3-6H,2,7-8H2,1H3,(H,15,16)(H2,13,14,17). The molecule has 3 N–H and O–H groups in total. The van der Waals surface area contributed by atoms with E-state index in [9.17, 15) is 13.8 Å². The highest BCUT2D eigenvalue weighted by Gasteiger charge is 2.04. The molecular weight excluding hydrogens is 268 g/mol. The number of carboxylic acid groups (broad SMARTS) is 1. The topological polar surface area (TPSA) is 95.5 Å². The second-order valence-electron chi connectivity index (χ2n) is 3.70. The minimum absolute atomic E-state index is 0.157. The second-order valence-corrected chi connectivity index (χ2v) is 5.56. The summed E-state index contributed by atoms with van der Waals surface area (Å²) in [5, 5.41) is 13.9. The van der Waals surface area contributed by atoms with Crippen LogP contribution in [0.4, 0.5) is 10.5 Å². The van der Waals surface area contributed by atoms with Gasteiger partial charge >= 0.3 is 12.0 Å². The lowest BCUT2D eigenvalue weighted by molar-refractivity contribution is 0.0697. The second kappa shape index (κ2) is 7.52. The van der Waals surface area contributed by atoms with Crippen LogP contribution in [0.5, 0.6) is 0 Å². The normalized spacial score (nSPS) is 11.6. The molecule has 1 rings (SSSR count). The molecule has 6 nitrogen and oxygen atoms in total. The Morgan fingerprint density at radius 3 is 2.42 bits per heavy atom. The Kier molecular flexibility index (Phi) is 6.01. The van der Waals surface area contributed by atoms with E-state index in [-0.39, 0.29) is 5.56 Å². The van der Waals surface area contributed by atoms with Crippen molar-refractivity contribution in [2.24, 2.45) is 0 Å². The molecule has 0 aliphatic rings. The lowest BCUT2D eigenvalue weighted by atomic mass is 10.2. The van der Waals surface area contributed by atoms with Gasteiger partial charge in [0.2, 0.25) is 0 Å². The van der Waals surface area contributed by atoms with Gasteiger partial charge in [-0.2, -0.15) is 0 Å². The lowest BCUT2D eigenvalue weighted by Crippen LogP contribution is -2.32. The minimum Gasteiger partial charge on any atom is -0.478 e. The van der Waals surface area contributed by atoms with Crippen molar-refractivity contribution >= 4 is 28.5 Å². The van der Waals surface area contributed by atoms with Gasteiger partial charge in [-0.05, 0) is 24.3 Å². The number of aromatic carboxylic acids is 1. The summed E-state index contributed by atoms with van der Waals surface area (Å²) >= 11 is 0. The largest absolute Gasteiger partial charge is 0.478 e. The molecule has 0 aliphatic carbocycles. The van der Waals surface area contributed by atoms with Crippen LogP contribution in [0.2, 0.25) is 0 Å². The number of benzene rings is 1. The van der Waals surface area contributed by atoms with Gasteiger partial charge in [-0.15, -0.1) is 0 Å². The molecule has 2 amide bonds. The molecule has 0 aromatic heterocycles. The zero-order chi connectivity index (χ0) is 14.3. The van der Waals surface area contributed by atoms with E-state index in [1.807, 2.05) is 6.92 Å². The van der Waals surface area contributed by atoms with E-state index in [0.717, 1.165) is 0 Å². The zero-order valence-corrected chi connectivity index (χ0v) is 11.3. The highest BCUT2D eigenvalue weighted by Crippen LogP contribution is 2.09. The monoisotopic (exact) mass is 284 g/mol. The lowest BCUT2D eigenvalue weighted by Gasteiger charge is -2.07. The Morgan fingerprint density at radius 2 is 1.89 bits per heavy atom. The van der Waals surface area contributed by atoms with Gasteiger partial charge in [-0.3, -0.25) is 4.21 Å². The number of amides is 2. The predicted octanol–water partition coefficient (Wildman–Crippen LogP) is 1.27. The van der Waals surface area contributed by atoms with Gasteiger partial charge in [-0.25, -0.2) is 9.59 Å². The third-order valence-corrected chi connectivity index (χ3v) is 3.63.